The van der Waals surface area contributed by atoms with Crippen molar-refractivity contribution in [2.75, 3.05) is 13.7 Å². The molecule has 1 fully saturated rings. The van der Waals surface area contributed by atoms with Gasteiger partial charge in [0.25, 0.3) is 0 Å². The molecule has 0 radical (unpaired) electrons. The molecule has 0 saturated carbocycles. The number of aromatic nitrogens is 3. The molecular weight excluding hydrogens is 336 g/mol. The standard InChI is InChI=1S/C14H15ClFN3O2.K.H/c1-20-14-13(10(16)6-11(15)18-14)9-7-17-19(8-9)12-4-2-3-5-21-12;;/h6-8,12H,2-5H2,1H3;;. The molecule has 3 heterocycles. The van der Waals surface area contributed by atoms with Crippen molar-refractivity contribution in [3.63, 3.8) is 0 Å². The molecule has 1 unspecified atom stereocenters. The number of rotatable bonds is 3. The quantitative estimate of drug-likeness (QED) is 0.630. The van der Waals surface area contributed by atoms with E-state index in [0.717, 1.165) is 31.9 Å². The van der Waals surface area contributed by atoms with E-state index in [-0.39, 0.29) is 74.2 Å². The molecule has 2 aromatic rings. The van der Waals surface area contributed by atoms with Crippen molar-refractivity contribution in [2.45, 2.75) is 25.5 Å². The molecule has 0 bridgehead atoms. The Morgan fingerprint density at radius 3 is 2.95 bits per heavy atom. The monoisotopic (exact) mass is 351 g/mol. The maximum absolute atomic E-state index is 14.2. The Kier molecular flexibility index (Phi) is 6.82. The van der Waals surface area contributed by atoms with Crippen molar-refractivity contribution < 1.29 is 13.9 Å². The van der Waals surface area contributed by atoms with Gasteiger partial charge in [-0.15, -0.1) is 0 Å². The second kappa shape index (κ2) is 8.19. The zero-order chi connectivity index (χ0) is 14.8. The van der Waals surface area contributed by atoms with Crippen molar-refractivity contribution in [2.24, 2.45) is 0 Å². The zero-order valence-electron chi connectivity index (χ0n) is 11.6. The molecule has 2 aromatic heterocycles. The zero-order valence-corrected chi connectivity index (χ0v) is 12.3. The Hall–Kier alpha value is -0.0236. The molecule has 0 aliphatic carbocycles. The van der Waals surface area contributed by atoms with Crippen LogP contribution in [0.2, 0.25) is 5.15 Å². The van der Waals surface area contributed by atoms with Gasteiger partial charge in [-0.3, -0.25) is 0 Å². The molecule has 114 valence electrons. The van der Waals surface area contributed by atoms with E-state index in [9.17, 15) is 4.39 Å². The maximum atomic E-state index is 14.2. The Labute approximate surface area is 175 Å². The molecule has 1 aliphatic heterocycles. The normalized spacial score (nSPS) is 17.9. The van der Waals surface area contributed by atoms with E-state index in [0.29, 0.717) is 5.56 Å². The fourth-order valence-corrected chi connectivity index (χ4v) is 2.60. The number of halogens is 2. The first-order valence-electron chi connectivity index (χ1n) is 6.75. The first-order valence-corrected chi connectivity index (χ1v) is 7.13. The Morgan fingerprint density at radius 1 is 1.45 bits per heavy atom. The fourth-order valence-electron chi connectivity index (χ4n) is 2.43. The summed E-state index contributed by atoms with van der Waals surface area (Å²) in [6.45, 7) is 0.722. The fraction of sp³-hybridized carbons (Fsp3) is 0.429. The van der Waals surface area contributed by atoms with E-state index in [2.05, 4.69) is 10.1 Å². The minimum absolute atomic E-state index is 0. The molecule has 0 aromatic carbocycles. The first kappa shape index (κ1) is 18.3. The molecule has 3 rings (SSSR count). The topological polar surface area (TPSA) is 49.2 Å². The molecule has 5 nitrogen and oxygen atoms in total. The number of ether oxygens (including phenoxy) is 2. The van der Waals surface area contributed by atoms with Gasteiger partial charge in [-0.2, -0.15) is 5.10 Å². The van der Waals surface area contributed by atoms with Crippen LogP contribution in [0.1, 0.15) is 25.5 Å². The Balaban J connectivity index is 0.00000176. The van der Waals surface area contributed by atoms with Gasteiger partial charge in [0, 0.05) is 24.4 Å². The summed E-state index contributed by atoms with van der Waals surface area (Å²) in [5, 5.41) is 4.32. The van der Waals surface area contributed by atoms with E-state index >= 15 is 0 Å². The summed E-state index contributed by atoms with van der Waals surface area (Å²) >= 11 is 5.74. The van der Waals surface area contributed by atoms with Crippen LogP contribution in [0.4, 0.5) is 4.39 Å². The van der Waals surface area contributed by atoms with Gasteiger partial charge in [0.2, 0.25) is 5.88 Å². The van der Waals surface area contributed by atoms with E-state index in [1.165, 1.54) is 7.11 Å². The van der Waals surface area contributed by atoms with Gasteiger partial charge in [0.05, 0.1) is 18.9 Å². The summed E-state index contributed by atoms with van der Waals surface area (Å²) in [5.41, 5.74) is 0.839. The van der Waals surface area contributed by atoms with Crippen LogP contribution in [0, 0.1) is 5.82 Å². The summed E-state index contributed by atoms with van der Waals surface area (Å²) in [6.07, 6.45) is 6.29. The number of hydrogen-bond donors (Lipinski definition) is 0. The van der Waals surface area contributed by atoms with Gasteiger partial charge >= 0.3 is 51.4 Å². The summed E-state index contributed by atoms with van der Waals surface area (Å²) in [6, 6.07) is 1.16. The summed E-state index contributed by atoms with van der Waals surface area (Å²) in [7, 11) is 1.43. The second-order valence-corrected chi connectivity index (χ2v) is 5.23. The molecule has 0 amide bonds. The molecular formula is C14H16ClFKN3O2. The predicted octanol–water partition coefficient (Wildman–Crippen LogP) is 2.80. The summed E-state index contributed by atoms with van der Waals surface area (Å²) in [4.78, 5) is 3.99. The van der Waals surface area contributed by atoms with E-state index in [1.54, 1.807) is 17.1 Å². The first-order chi connectivity index (χ1) is 10.2. The van der Waals surface area contributed by atoms with Gasteiger partial charge in [0.1, 0.15) is 17.2 Å². The average Bonchev–Trinajstić information content (AvgIpc) is 2.96. The molecule has 0 spiro atoms. The van der Waals surface area contributed by atoms with Crippen LogP contribution in [0.5, 0.6) is 5.88 Å². The third-order valence-corrected chi connectivity index (χ3v) is 3.63. The minimum atomic E-state index is -0.490. The van der Waals surface area contributed by atoms with Gasteiger partial charge in [-0.1, -0.05) is 11.6 Å². The SMILES string of the molecule is COc1nc(Cl)cc(F)c1-c1cnn(C2CCCCO2)c1.[KH]. The third kappa shape index (κ3) is 3.89. The Morgan fingerprint density at radius 2 is 2.27 bits per heavy atom. The number of pyridine rings is 1. The van der Waals surface area contributed by atoms with Crippen LogP contribution in [0.15, 0.2) is 18.5 Å². The van der Waals surface area contributed by atoms with Crippen LogP contribution in [0.3, 0.4) is 0 Å². The van der Waals surface area contributed by atoms with Crippen molar-refractivity contribution in [3.8, 4) is 17.0 Å². The predicted molar refractivity (Wildman–Crippen MR) is 83.0 cm³/mol. The van der Waals surface area contributed by atoms with Crippen LogP contribution in [-0.4, -0.2) is 79.9 Å². The van der Waals surface area contributed by atoms with E-state index < -0.39 is 5.82 Å². The molecule has 8 heteroatoms. The number of nitrogens with zero attached hydrogens (tertiary/aromatic N) is 3. The molecule has 1 aliphatic rings. The van der Waals surface area contributed by atoms with Crippen LogP contribution >= 0.6 is 11.6 Å². The van der Waals surface area contributed by atoms with E-state index in [4.69, 9.17) is 21.1 Å². The van der Waals surface area contributed by atoms with Crippen LogP contribution in [-0.2, 0) is 4.74 Å². The van der Waals surface area contributed by atoms with Gasteiger partial charge in [-0.05, 0) is 19.3 Å². The number of methoxy groups -OCH3 is 1. The number of hydrogen-bond acceptors (Lipinski definition) is 4. The second-order valence-electron chi connectivity index (χ2n) is 4.84. The third-order valence-electron chi connectivity index (χ3n) is 3.44. The molecule has 1 atom stereocenters. The summed E-state index contributed by atoms with van der Waals surface area (Å²) in [5.74, 6) is -0.347. The van der Waals surface area contributed by atoms with Crippen molar-refractivity contribution in [1.82, 2.24) is 14.8 Å². The van der Waals surface area contributed by atoms with Gasteiger partial charge in [-0.25, -0.2) is 14.1 Å². The van der Waals surface area contributed by atoms with Gasteiger partial charge in [0.15, 0.2) is 0 Å². The average molecular weight is 352 g/mol. The van der Waals surface area contributed by atoms with E-state index in [1.807, 2.05) is 0 Å². The Bertz CT molecular complexity index is 647. The summed E-state index contributed by atoms with van der Waals surface area (Å²) < 4.78 is 26.6. The van der Waals surface area contributed by atoms with Crippen molar-refractivity contribution in [1.29, 1.82) is 0 Å². The van der Waals surface area contributed by atoms with Crippen LogP contribution < -0.4 is 4.74 Å². The van der Waals surface area contributed by atoms with Crippen molar-refractivity contribution in [3.05, 3.63) is 29.4 Å². The van der Waals surface area contributed by atoms with Crippen LogP contribution in [0.25, 0.3) is 11.1 Å². The molecule has 1 saturated heterocycles. The van der Waals surface area contributed by atoms with Gasteiger partial charge < -0.3 is 9.47 Å². The molecule has 0 N–H and O–H groups in total. The molecule has 22 heavy (non-hydrogen) atoms. The van der Waals surface area contributed by atoms with Crippen molar-refractivity contribution >= 4 is 63.0 Å².